The highest BCUT2D eigenvalue weighted by atomic mass is 32.2. The van der Waals surface area contributed by atoms with Crippen LogP contribution in [0.2, 0.25) is 0 Å². The number of aromatic nitrogens is 2. The van der Waals surface area contributed by atoms with E-state index in [0.29, 0.717) is 6.54 Å². The molecule has 0 radical (unpaired) electrons. The molecule has 2 heterocycles. The van der Waals surface area contributed by atoms with Gasteiger partial charge in [0.05, 0.1) is 5.75 Å². The molecule has 108 valence electrons. The van der Waals surface area contributed by atoms with Crippen LogP contribution in [-0.2, 0) is 16.6 Å². The van der Waals surface area contributed by atoms with E-state index in [1.54, 1.807) is 10.9 Å². The minimum Gasteiger partial charge on any atom is -0.316 e. The molecule has 2 N–H and O–H groups in total. The summed E-state index contributed by atoms with van der Waals surface area (Å²) in [4.78, 5) is 0. The van der Waals surface area contributed by atoms with E-state index < -0.39 is 10.0 Å². The van der Waals surface area contributed by atoms with Gasteiger partial charge in [-0.2, -0.15) is 5.10 Å². The quantitative estimate of drug-likeness (QED) is 0.702. The standard InChI is InChI=1S/C12H22N4O2S/c17-19(18,11-12-4-1-5-13-10-12)15-7-3-9-16-8-2-6-14-16/h2,6,8,12-13,15H,1,3-5,7,9-11H2. The highest BCUT2D eigenvalue weighted by molar-refractivity contribution is 7.89. The maximum Gasteiger partial charge on any atom is 0.211 e. The van der Waals surface area contributed by atoms with Crippen molar-refractivity contribution < 1.29 is 8.42 Å². The smallest absolute Gasteiger partial charge is 0.211 e. The highest BCUT2D eigenvalue weighted by Crippen LogP contribution is 2.11. The van der Waals surface area contributed by atoms with E-state index in [1.165, 1.54) is 0 Å². The zero-order valence-electron chi connectivity index (χ0n) is 11.1. The molecule has 0 saturated carbocycles. The van der Waals surface area contributed by atoms with E-state index in [4.69, 9.17) is 0 Å². The molecule has 1 aliphatic rings. The van der Waals surface area contributed by atoms with Crippen molar-refractivity contribution in [2.75, 3.05) is 25.4 Å². The lowest BCUT2D eigenvalue weighted by molar-refractivity contribution is 0.402. The Balaban J connectivity index is 1.65. The Morgan fingerprint density at radius 2 is 2.37 bits per heavy atom. The van der Waals surface area contributed by atoms with Gasteiger partial charge in [-0.05, 0) is 44.3 Å². The molecule has 0 aromatic carbocycles. The normalized spacial score (nSPS) is 20.5. The van der Waals surface area contributed by atoms with Crippen LogP contribution in [0.5, 0.6) is 0 Å². The van der Waals surface area contributed by atoms with Crippen LogP contribution in [0, 0.1) is 5.92 Å². The Morgan fingerprint density at radius 3 is 3.05 bits per heavy atom. The first-order valence-corrected chi connectivity index (χ1v) is 8.46. The maximum absolute atomic E-state index is 11.9. The Bertz CT molecular complexity index is 452. The molecule has 6 nitrogen and oxygen atoms in total. The van der Waals surface area contributed by atoms with Crippen molar-refractivity contribution in [2.24, 2.45) is 5.92 Å². The zero-order chi connectivity index (χ0) is 13.6. The van der Waals surface area contributed by atoms with Crippen LogP contribution in [-0.4, -0.2) is 43.6 Å². The van der Waals surface area contributed by atoms with Crippen LogP contribution in [0.1, 0.15) is 19.3 Å². The zero-order valence-corrected chi connectivity index (χ0v) is 11.9. The van der Waals surface area contributed by atoms with E-state index in [9.17, 15) is 8.42 Å². The van der Waals surface area contributed by atoms with Crippen molar-refractivity contribution in [3.63, 3.8) is 0 Å². The number of aryl methyl sites for hydroxylation is 1. The van der Waals surface area contributed by atoms with Crippen molar-refractivity contribution in [2.45, 2.75) is 25.8 Å². The van der Waals surface area contributed by atoms with Gasteiger partial charge in [-0.15, -0.1) is 0 Å². The molecule has 0 bridgehead atoms. The Morgan fingerprint density at radius 1 is 1.47 bits per heavy atom. The van der Waals surface area contributed by atoms with Gasteiger partial charge >= 0.3 is 0 Å². The van der Waals surface area contributed by atoms with Crippen LogP contribution in [0.25, 0.3) is 0 Å². The number of rotatable bonds is 7. The van der Waals surface area contributed by atoms with Gasteiger partial charge in [-0.3, -0.25) is 4.68 Å². The van der Waals surface area contributed by atoms with Crippen molar-refractivity contribution in [3.05, 3.63) is 18.5 Å². The third-order valence-electron chi connectivity index (χ3n) is 3.30. The summed E-state index contributed by atoms with van der Waals surface area (Å²) >= 11 is 0. The SMILES string of the molecule is O=S(=O)(CC1CCCNC1)NCCCn1cccn1. The second-order valence-electron chi connectivity index (χ2n) is 5.01. The second kappa shape index (κ2) is 7.02. The van der Waals surface area contributed by atoms with Crippen LogP contribution in [0.15, 0.2) is 18.5 Å². The molecule has 0 amide bonds. The fourth-order valence-electron chi connectivity index (χ4n) is 2.34. The summed E-state index contributed by atoms with van der Waals surface area (Å²) in [6, 6.07) is 1.86. The Kier molecular flexibility index (Phi) is 5.35. The fourth-order valence-corrected chi connectivity index (χ4v) is 3.82. The lowest BCUT2D eigenvalue weighted by atomic mass is 10.0. The number of sulfonamides is 1. The van der Waals surface area contributed by atoms with Gasteiger partial charge in [0, 0.05) is 25.5 Å². The van der Waals surface area contributed by atoms with E-state index in [-0.39, 0.29) is 11.7 Å². The lowest BCUT2D eigenvalue weighted by Gasteiger charge is -2.22. The summed E-state index contributed by atoms with van der Waals surface area (Å²) in [5.74, 6) is 0.485. The summed E-state index contributed by atoms with van der Waals surface area (Å²) in [5, 5.41) is 7.31. The fraction of sp³-hybridized carbons (Fsp3) is 0.750. The van der Waals surface area contributed by atoms with Gasteiger partial charge in [0.15, 0.2) is 0 Å². The molecule has 0 spiro atoms. The van der Waals surface area contributed by atoms with Gasteiger partial charge in [0.1, 0.15) is 0 Å². The average molecular weight is 286 g/mol. The van der Waals surface area contributed by atoms with Crippen molar-refractivity contribution in [1.82, 2.24) is 19.8 Å². The molecule has 19 heavy (non-hydrogen) atoms. The molecular weight excluding hydrogens is 264 g/mol. The second-order valence-corrected chi connectivity index (χ2v) is 6.86. The number of piperidine rings is 1. The van der Waals surface area contributed by atoms with Crippen LogP contribution in [0.3, 0.4) is 0 Å². The van der Waals surface area contributed by atoms with Crippen LogP contribution >= 0.6 is 0 Å². The van der Waals surface area contributed by atoms with E-state index in [2.05, 4.69) is 15.1 Å². The van der Waals surface area contributed by atoms with Crippen LogP contribution < -0.4 is 10.0 Å². The number of hydrogen-bond donors (Lipinski definition) is 2. The van der Waals surface area contributed by atoms with Gasteiger partial charge in [0.25, 0.3) is 0 Å². The topological polar surface area (TPSA) is 76.0 Å². The molecule has 1 aromatic rings. The average Bonchev–Trinajstić information content (AvgIpc) is 2.88. The van der Waals surface area contributed by atoms with E-state index in [1.807, 2.05) is 12.3 Å². The molecule has 1 aliphatic heterocycles. The minimum atomic E-state index is -3.14. The first-order valence-electron chi connectivity index (χ1n) is 6.81. The summed E-state index contributed by atoms with van der Waals surface area (Å²) < 4.78 is 28.3. The number of nitrogens with zero attached hydrogens (tertiary/aromatic N) is 2. The molecule has 1 aromatic heterocycles. The van der Waals surface area contributed by atoms with E-state index in [0.717, 1.165) is 38.9 Å². The molecule has 2 rings (SSSR count). The van der Waals surface area contributed by atoms with Gasteiger partial charge < -0.3 is 5.32 Å². The summed E-state index contributed by atoms with van der Waals surface area (Å²) in [6.07, 6.45) is 6.42. The first kappa shape index (κ1) is 14.5. The van der Waals surface area contributed by atoms with Crippen molar-refractivity contribution >= 4 is 10.0 Å². The Hall–Kier alpha value is -0.920. The maximum atomic E-state index is 11.9. The predicted octanol–water partition coefficient (Wildman–Crippen LogP) is 0.192. The lowest BCUT2D eigenvalue weighted by Crippen LogP contribution is -2.38. The third-order valence-corrected chi connectivity index (χ3v) is 4.85. The minimum absolute atomic E-state index is 0.238. The molecule has 1 unspecified atom stereocenters. The van der Waals surface area contributed by atoms with Gasteiger partial charge in [-0.25, -0.2) is 13.1 Å². The first-order chi connectivity index (χ1) is 9.16. The van der Waals surface area contributed by atoms with E-state index >= 15 is 0 Å². The van der Waals surface area contributed by atoms with Crippen molar-refractivity contribution in [3.8, 4) is 0 Å². The number of nitrogens with one attached hydrogen (secondary N) is 2. The molecule has 7 heteroatoms. The molecular formula is C12H22N4O2S. The van der Waals surface area contributed by atoms with Crippen molar-refractivity contribution in [1.29, 1.82) is 0 Å². The predicted molar refractivity (Wildman–Crippen MR) is 74.2 cm³/mol. The summed E-state index contributed by atoms with van der Waals surface area (Å²) in [7, 11) is -3.14. The molecule has 1 saturated heterocycles. The summed E-state index contributed by atoms with van der Waals surface area (Å²) in [6.45, 7) is 3.03. The Labute approximate surface area is 114 Å². The molecule has 0 aliphatic carbocycles. The monoisotopic (exact) mass is 286 g/mol. The molecule has 1 atom stereocenters. The largest absolute Gasteiger partial charge is 0.316 e. The van der Waals surface area contributed by atoms with Gasteiger partial charge in [0.2, 0.25) is 10.0 Å². The van der Waals surface area contributed by atoms with Gasteiger partial charge in [-0.1, -0.05) is 0 Å². The number of hydrogen-bond acceptors (Lipinski definition) is 4. The molecule has 1 fully saturated rings. The highest BCUT2D eigenvalue weighted by Gasteiger charge is 2.20. The summed E-state index contributed by atoms with van der Waals surface area (Å²) in [5.41, 5.74) is 0. The van der Waals surface area contributed by atoms with Crippen LogP contribution in [0.4, 0.5) is 0 Å². The third kappa shape index (κ3) is 5.30.